The van der Waals surface area contributed by atoms with Crippen LogP contribution in [0.4, 0.5) is 0 Å². The summed E-state index contributed by atoms with van der Waals surface area (Å²) < 4.78 is 6.00. The molecule has 0 spiro atoms. The van der Waals surface area contributed by atoms with Crippen LogP contribution in [0.1, 0.15) is 12.7 Å². The summed E-state index contributed by atoms with van der Waals surface area (Å²) in [5.74, 6) is 0.932. The molecule has 1 aromatic heterocycles. The SMILES string of the molecule is CC(N)Cc1ccc(Br)o1. The van der Waals surface area contributed by atoms with Gasteiger partial charge in [0.15, 0.2) is 4.67 Å². The molecular weight excluding hydrogens is 194 g/mol. The van der Waals surface area contributed by atoms with E-state index < -0.39 is 0 Å². The van der Waals surface area contributed by atoms with E-state index in [4.69, 9.17) is 10.2 Å². The van der Waals surface area contributed by atoms with Gasteiger partial charge in [0.2, 0.25) is 0 Å². The van der Waals surface area contributed by atoms with Crippen LogP contribution in [-0.4, -0.2) is 6.04 Å². The molecule has 1 heterocycles. The van der Waals surface area contributed by atoms with E-state index >= 15 is 0 Å². The van der Waals surface area contributed by atoms with Gasteiger partial charge in [0.25, 0.3) is 0 Å². The zero-order valence-corrected chi connectivity index (χ0v) is 7.39. The van der Waals surface area contributed by atoms with Crippen molar-refractivity contribution in [2.24, 2.45) is 5.73 Å². The maximum Gasteiger partial charge on any atom is 0.169 e. The quantitative estimate of drug-likeness (QED) is 0.799. The normalized spacial score (nSPS) is 13.5. The van der Waals surface area contributed by atoms with Gasteiger partial charge in [0, 0.05) is 12.5 Å². The number of furan rings is 1. The first kappa shape index (κ1) is 7.82. The monoisotopic (exact) mass is 203 g/mol. The van der Waals surface area contributed by atoms with E-state index in [9.17, 15) is 0 Å². The number of hydrogen-bond donors (Lipinski definition) is 1. The molecule has 0 aliphatic rings. The molecule has 0 fully saturated rings. The minimum atomic E-state index is 0.165. The molecular formula is C7H10BrNO. The van der Waals surface area contributed by atoms with Crippen LogP contribution >= 0.6 is 15.9 Å². The van der Waals surface area contributed by atoms with Crippen molar-refractivity contribution in [3.8, 4) is 0 Å². The standard InChI is InChI=1S/C7H10BrNO/c1-5(9)4-6-2-3-7(8)10-6/h2-3,5H,4,9H2,1H3. The highest BCUT2D eigenvalue weighted by molar-refractivity contribution is 9.10. The van der Waals surface area contributed by atoms with Gasteiger partial charge in [-0.05, 0) is 35.0 Å². The lowest BCUT2D eigenvalue weighted by atomic mass is 10.2. The molecule has 56 valence electrons. The van der Waals surface area contributed by atoms with Gasteiger partial charge < -0.3 is 10.2 Å². The Balaban J connectivity index is 2.58. The van der Waals surface area contributed by atoms with Crippen molar-refractivity contribution in [2.75, 3.05) is 0 Å². The van der Waals surface area contributed by atoms with Crippen LogP contribution in [0.3, 0.4) is 0 Å². The Morgan fingerprint density at radius 2 is 2.40 bits per heavy atom. The zero-order chi connectivity index (χ0) is 7.56. The number of rotatable bonds is 2. The van der Waals surface area contributed by atoms with Crippen molar-refractivity contribution < 1.29 is 4.42 Å². The molecule has 0 saturated carbocycles. The molecule has 2 N–H and O–H groups in total. The zero-order valence-electron chi connectivity index (χ0n) is 5.80. The predicted octanol–water partition coefficient (Wildman–Crippen LogP) is 1.93. The molecule has 10 heavy (non-hydrogen) atoms. The molecule has 1 atom stereocenters. The highest BCUT2D eigenvalue weighted by atomic mass is 79.9. The second-order valence-electron chi connectivity index (χ2n) is 2.39. The maximum absolute atomic E-state index is 5.56. The fraction of sp³-hybridized carbons (Fsp3) is 0.429. The molecule has 0 saturated heterocycles. The summed E-state index contributed by atoms with van der Waals surface area (Å²) in [6, 6.07) is 3.96. The van der Waals surface area contributed by atoms with E-state index in [0.29, 0.717) is 0 Å². The van der Waals surface area contributed by atoms with Gasteiger partial charge >= 0.3 is 0 Å². The van der Waals surface area contributed by atoms with Crippen LogP contribution in [0.25, 0.3) is 0 Å². The predicted molar refractivity (Wildman–Crippen MR) is 43.8 cm³/mol. The summed E-state index contributed by atoms with van der Waals surface area (Å²) in [5, 5.41) is 0. The van der Waals surface area contributed by atoms with E-state index in [1.54, 1.807) is 0 Å². The number of halogens is 1. The lowest BCUT2D eigenvalue weighted by Crippen LogP contribution is -2.17. The van der Waals surface area contributed by atoms with Crippen molar-refractivity contribution in [3.05, 3.63) is 22.6 Å². The van der Waals surface area contributed by atoms with Gasteiger partial charge in [-0.2, -0.15) is 0 Å². The van der Waals surface area contributed by atoms with Gasteiger partial charge in [-0.25, -0.2) is 0 Å². The van der Waals surface area contributed by atoms with Gasteiger partial charge in [0.1, 0.15) is 5.76 Å². The molecule has 1 rings (SSSR count). The second-order valence-corrected chi connectivity index (χ2v) is 3.17. The number of hydrogen-bond acceptors (Lipinski definition) is 2. The summed E-state index contributed by atoms with van der Waals surface area (Å²) >= 11 is 3.21. The van der Waals surface area contributed by atoms with Gasteiger partial charge in [-0.1, -0.05) is 0 Å². The minimum absolute atomic E-state index is 0.165. The molecule has 0 aliphatic heterocycles. The maximum atomic E-state index is 5.56. The van der Waals surface area contributed by atoms with Crippen LogP contribution in [0.5, 0.6) is 0 Å². The van der Waals surface area contributed by atoms with E-state index in [1.807, 2.05) is 19.1 Å². The van der Waals surface area contributed by atoms with Crippen LogP contribution in [0, 0.1) is 0 Å². The number of nitrogens with two attached hydrogens (primary N) is 1. The molecule has 3 heteroatoms. The van der Waals surface area contributed by atoms with E-state index in [0.717, 1.165) is 16.9 Å². The topological polar surface area (TPSA) is 39.2 Å². The fourth-order valence-corrected chi connectivity index (χ4v) is 1.12. The molecule has 0 amide bonds. The lowest BCUT2D eigenvalue weighted by molar-refractivity contribution is 0.473. The summed E-state index contributed by atoms with van der Waals surface area (Å²) in [5.41, 5.74) is 5.56. The van der Waals surface area contributed by atoms with Crippen LogP contribution in [0.2, 0.25) is 0 Å². The molecule has 1 unspecified atom stereocenters. The second kappa shape index (κ2) is 3.21. The minimum Gasteiger partial charge on any atom is -0.454 e. The van der Waals surface area contributed by atoms with E-state index in [-0.39, 0.29) is 6.04 Å². The molecule has 0 radical (unpaired) electrons. The van der Waals surface area contributed by atoms with Gasteiger partial charge in [-0.15, -0.1) is 0 Å². The fourth-order valence-electron chi connectivity index (χ4n) is 0.779. The first-order valence-electron chi connectivity index (χ1n) is 3.18. The molecule has 0 bridgehead atoms. The Kier molecular flexibility index (Phi) is 2.51. The van der Waals surface area contributed by atoms with Crippen molar-refractivity contribution in [1.29, 1.82) is 0 Å². The van der Waals surface area contributed by atoms with Gasteiger partial charge in [-0.3, -0.25) is 0 Å². The third-order valence-electron chi connectivity index (χ3n) is 1.15. The average Bonchev–Trinajstić information content (AvgIpc) is 2.13. The summed E-state index contributed by atoms with van der Waals surface area (Å²) in [6.07, 6.45) is 0.797. The average molecular weight is 204 g/mol. The lowest BCUT2D eigenvalue weighted by Gasteiger charge is -1.98. The van der Waals surface area contributed by atoms with Gasteiger partial charge in [0.05, 0.1) is 0 Å². The van der Waals surface area contributed by atoms with Crippen LogP contribution in [0.15, 0.2) is 21.2 Å². The van der Waals surface area contributed by atoms with Crippen LogP contribution in [-0.2, 0) is 6.42 Å². The Morgan fingerprint density at radius 1 is 1.70 bits per heavy atom. The Bertz CT molecular complexity index is 207. The Hall–Kier alpha value is -0.280. The summed E-state index contributed by atoms with van der Waals surface area (Å²) in [7, 11) is 0. The summed E-state index contributed by atoms with van der Waals surface area (Å²) in [6.45, 7) is 1.95. The molecule has 2 nitrogen and oxygen atoms in total. The first-order valence-corrected chi connectivity index (χ1v) is 3.97. The largest absolute Gasteiger partial charge is 0.454 e. The van der Waals surface area contributed by atoms with E-state index in [1.165, 1.54) is 0 Å². The molecule has 0 aliphatic carbocycles. The molecule has 1 aromatic rings. The summed E-state index contributed by atoms with van der Waals surface area (Å²) in [4.78, 5) is 0. The molecule has 0 aromatic carbocycles. The third-order valence-corrected chi connectivity index (χ3v) is 1.58. The Morgan fingerprint density at radius 3 is 2.80 bits per heavy atom. The van der Waals surface area contributed by atoms with Crippen molar-refractivity contribution >= 4 is 15.9 Å². The highest BCUT2D eigenvalue weighted by Crippen LogP contribution is 2.14. The van der Waals surface area contributed by atoms with Crippen LogP contribution < -0.4 is 5.73 Å². The highest BCUT2D eigenvalue weighted by Gasteiger charge is 2.01. The first-order chi connectivity index (χ1) is 4.68. The van der Waals surface area contributed by atoms with Crippen molar-refractivity contribution in [2.45, 2.75) is 19.4 Å². The third kappa shape index (κ3) is 2.15. The smallest absolute Gasteiger partial charge is 0.169 e. The van der Waals surface area contributed by atoms with Crippen molar-refractivity contribution in [1.82, 2.24) is 0 Å². The van der Waals surface area contributed by atoms with E-state index in [2.05, 4.69) is 15.9 Å². The Labute approximate surface area is 68.5 Å². The van der Waals surface area contributed by atoms with Crippen molar-refractivity contribution in [3.63, 3.8) is 0 Å².